The van der Waals surface area contributed by atoms with Gasteiger partial charge in [-0.2, -0.15) is 0 Å². The topological polar surface area (TPSA) is 39.1 Å². The summed E-state index contributed by atoms with van der Waals surface area (Å²) < 4.78 is 4.69. The van der Waals surface area contributed by atoms with Crippen LogP contribution in [0.1, 0.15) is 25.0 Å². The van der Waals surface area contributed by atoms with Gasteiger partial charge in [0.2, 0.25) is 0 Å². The van der Waals surface area contributed by atoms with Crippen LogP contribution in [0.3, 0.4) is 0 Å². The first kappa shape index (κ1) is 34.1. The zero-order valence-corrected chi connectivity index (χ0v) is 30.6. The highest BCUT2D eigenvalue weighted by molar-refractivity contribution is 6.19. The normalized spacial score (nSPS) is 12.5. The maximum absolute atomic E-state index is 5.78. The van der Waals surface area contributed by atoms with Crippen LogP contribution in [0, 0.1) is 0 Å². The first-order valence-corrected chi connectivity index (χ1v) is 18.3. The van der Waals surface area contributed by atoms with Crippen molar-refractivity contribution in [1.82, 2.24) is 9.13 Å². The third-order valence-electron chi connectivity index (χ3n) is 10.0. The highest BCUT2D eigenvalue weighted by Crippen LogP contribution is 2.42. The fourth-order valence-corrected chi connectivity index (χ4v) is 7.58. The Kier molecular flexibility index (Phi) is 9.40. The molecule has 0 saturated carbocycles. The number of allylic oxidation sites excluding steroid dienone is 8. The minimum absolute atomic E-state index is 1.06. The number of anilines is 3. The van der Waals surface area contributed by atoms with Crippen molar-refractivity contribution in [2.24, 2.45) is 5.73 Å². The van der Waals surface area contributed by atoms with Crippen LogP contribution < -0.4 is 10.6 Å². The van der Waals surface area contributed by atoms with Gasteiger partial charge in [0.25, 0.3) is 0 Å². The Labute approximate surface area is 317 Å². The van der Waals surface area contributed by atoms with Gasteiger partial charge in [-0.05, 0) is 127 Å². The van der Waals surface area contributed by atoms with Gasteiger partial charge in [-0.1, -0.05) is 104 Å². The van der Waals surface area contributed by atoms with Crippen LogP contribution in [0.4, 0.5) is 17.1 Å². The molecule has 0 aliphatic heterocycles. The van der Waals surface area contributed by atoms with E-state index in [9.17, 15) is 0 Å². The van der Waals surface area contributed by atoms with Crippen molar-refractivity contribution in [2.75, 3.05) is 4.90 Å². The Hall–Kier alpha value is -7.04. The molecule has 2 N–H and O–H groups in total. The van der Waals surface area contributed by atoms with Gasteiger partial charge in [0.15, 0.2) is 0 Å². The van der Waals surface area contributed by atoms with Gasteiger partial charge in [-0.15, -0.1) is 0 Å². The van der Waals surface area contributed by atoms with E-state index in [1.54, 1.807) is 6.20 Å². The second-order valence-corrected chi connectivity index (χ2v) is 13.2. The number of rotatable bonds is 10. The monoisotopic (exact) mass is 698 g/mol. The number of fused-ring (bicyclic) bond motifs is 5. The molecule has 8 aromatic rings. The van der Waals surface area contributed by atoms with E-state index in [1.807, 2.05) is 32.1 Å². The highest BCUT2D eigenvalue weighted by Gasteiger charge is 2.20. The van der Waals surface area contributed by atoms with Gasteiger partial charge in [0, 0.05) is 50.8 Å². The second kappa shape index (κ2) is 14.9. The summed E-state index contributed by atoms with van der Waals surface area (Å²) in [6.07, 6.45) is 15.8. The quantitative estimate of drug-likeness (QED) is 0.144. The van der Waals surface area contributed by atoms with Gasteiger partial charge < -0.3 is 19.8 Å². The summed E-state index contributed by atoms with van der Waals surface area (Å²) in [7, 11) is 0. The van der Waals surface area contributed by atoms with Crippen LogP contribution in [-0.4, -0.2) is 9.13 Å². The van der Waals surface area contributed by atoms with Gasteiger partial charge in [-0.25, -0.2) is 0 Å². The molecule has 2 aromatic heterocycles. The van der Waals surface area contributed by atoms with E-state index in [2.05, 4.69) is 191 Å². The van der Waals surface area contributed by atoms with Crippen molar-refractivity contribution >= 4 is 60.9 Å². The summed E-state index contributed by atoms with van der Waals surface area (Å²) in [6, 6.07) is 52.4. The van der Waals surface area contributed by atoms with E-state index in [0.717, 1.165) is 56.2 Å². The van der Waals surface area contributed by atoms with E-state index >= 15 is 0 Å². The maximum Gasteiger partial charge on any atom is 0.0635 e. The summed E-state index contributed by atoms with van der Waals surface area (Å²) in [4.78, 5) is 2.34. The van der Waals surface area contributed by atoms with Crippen molar-refractivity contribution in [3.8, 4) is 11.4 Å². The van der Waals surface area contributed by atoms with E-state index in [-0.39, 0.29) is 0 Å². The molecule has 6 aromatic carbocycles. The molecule has 0 fully saturated rings. The first-order valence-electron chi connectivity index (χ1n) is 18.3. The molecule has 0 spiro atoms. The Morgan fingerprint density at radius 2 is 1.20 bits per heavy atom. The Morgan fingerprint density at radius 1 is 0.593 bits per heavy atom. The number of nitrogens with two attached hydrogens (primary N) is 1. The number of nitrogens with zero attached hydrogens (tertiary/aromatic N) is 3. The van der Waals surface area contributed by atoms with Crippen molar-refractivity contribution in [3.63, 3.8) is 0 Å². The molecule has 8 rings (SSSR count). The van der Waals surface area contributed by atoms with Crippen LogP contribution >= 0.6 is 0 Å². The van der Waals surface area contributed by atoms with Gasteiger partial charge in [0.1, 0.15) is 0 Å². The molecule has 4 heteroatoms. The molecule has 0 amide bonds. The molecule has 0 unspecified atom stereocenters. The van der Waals surface area contributed by atoms with Crippen molar-refractivity contribution in [1.29, 1.82) is 0 Å². The molecular weight excluding hydrogens is 657 g/mol. The second-order valence-electron chi connectivity index (χ2n) is 13.2. The van der Waals surface area contributed by atoms with E-state index in [1.165, 1.54) is 27.2 Å². The number of hydrogen-bond acceptors (Lipinski definition) is 2. The molecule has 4 nitrogen and oxygen atoms in total. The number of para-hydroxylation sites is 2. The molecule has 0 bridgehead atoms. The van der Waals surface area contributed by atoms with Crippen LogP contribution in [0.15, 0.2) is 201 Å². The lowest BCUT2D eigenvalue weighted by Gasteiger charge is -2.26. The predicted octanol–water partition coefficient (Wildman–Crippen LogP) is 13.2. The van der Waals surface area contributed by atoms with Crippen LogP contribution in [0.2, 0.25) is 0 Å². The smallest absolute Gasteiger partial charge is 0.0635 e. The lowest BCUT2D eigenvalue weighted by molar-refractivity contribution is 1.13. The molecule has 0 aliphatic rings. The minimum atomic E-state index is 1.06. The molecule has 0 radical (unpaired) electrons. The highest BCUT2D eigenvalue weighted by atomic mass is 15.1. The van der Waals surface area contributed by atoms with Crippen LogP contribution in [0.25, 0.3) is 55.2 Å². The van der Waals surface area contributed by atoms with E-state index in [4.69, 9.17) is 5.73 Å². The molecule has 2 heterocycles. The lowest BCUT2D eigenvalue weighted by atomic mass is 10.0. The number of aromatic nitrogens is 2. The van der Waals surface area contributed by atoms with E-state index < -0.39 is 0 Å². The number of benzene rings is 6. The lowest BCUT2D eigenvalue weighted by Crippen LogP contribution is -2.10. The average molecular weight is 699 g/mol. The third-order valence-corrected chi connectivity index (χ3v) is 10.0. The molecule has 0 aliphatic carbocycles. The van der Waals surface area contributed by atoms with Crippen molar-refractivity contribution < 1.29 is 0 Å². The minimum Gasteiger partial charge on any atom is -0.405 e. The molecule has 0 atom stereocenters. The van der Waals surface area contributed by atoms with Gasteiger partial charge >= 0.3 is 0 Å². The third kappa shape index (κ3) is 6.14. The summed E-state index contributed by atoms with van der Waals surface area (Å²) in [5, 5.41) is 3.60. The summed E-state index contributed by atoms with van der Waals surface area (Å²) in [6.45, 7) is 8.00. The number of hydrogen-bond donors (Lipinski definition) is 1. The first-order chi connectivity index (χ1) is 26.6. The fraction of sp³-hybridized carbons (Fsp3) is 0.0400. The predicted molar refractivity (Wildman–Crippen MR) is 232 cm³/mol. The van der Waals surface area contributed by atoms with Gasteiger partial charge in [-0.3, -0.25) is 0 Å². The molecule has 262 valence electrons. The zero-order chi connectivity index (χ0) is 37.0. The van der Waals surface area contributed by atoms with Crippen molar-refractivity contribution in [3.05, 3.63) is 212 Å². The SMILES string of the molecule is C=C/C=C(\C=C/C)c1ccc(N(c2ccc(C(/C=C\N)=C/C)cc2)c2ccc3c(c2)c2ccc4c(ccn4-c4ccccc4)c2n3-c2ccccc2)cc1. The van der Waals surface area contributed by atoms with Gasteiger partial charge in [0.05, 0.1) is 16.6 Å². The van der Waals surface area contributed by atoms with E-state index in [0.29, 0.717) is 0 Å². The standard InChI is InChI=1S/C50H42N4/c1-4-13-37(14-5-2)39-21-25-43(26-22-39)53(42-23-19-38(20-24-42)36(6-3)31-33-51)44-27-29-49-47(35-44)45-28-30-48-46(32-34-52(48)40-15-9-7-10-16-40)50(45)54(49)41-17-11-8-12-18-41/h4-35H,1,51H2,2-3H3/b14-5-,33-31-,36-6+,37-13+. The summed E-state index contributed by atoms with van der Waals surface area (Å²) >= 11 is 0. The van der Waals surface area contributed by atoms with Crippen LogP contribution in [-0.2, 0) is 0 Å². The van der Waals surface area contributed by atoms with Crippen LogP contribution in [0.5, 0.6) is 0 Å². The average Bonchev–Trinajstić information content (AvgIpc) is 3.81. The summed E-state index contributed by atoms with van der Waals surface area (Å²) in [5.74, 6) is 0. The molecule has 0 saturated heterocycles. The fourth-order valence-electron chi connectivity index (χ4n) is 7.58. The Balaban J connectivity index is 1.34. The molecule has 54 heavy (non-hydrogen) atoms. The maximum atomic E-state index is 5.78. The Bertz CT molecular complexity index is 2720. The molecular formula is C50H42N4. The zero-order valence-electron chi connectivity index (χ0n) is 30.6. The largest absolute Gasteiger partial charge is 0.405 e. The Morgan fingerprint density at radius 3 is 1.81 bits per heavy atom. The summed E-state index contributed by atoms with van der Waals surface area (Å²) in [5.41, 5.74) is 19.2. The van der Waals surface area contributed by atoms with Crippen molar-refractivity contribution in [2.45, 2.75) is 13.8 Å².